The van der Waals surface area contributed by atoms with Crippen LogP contribution in [0.2, 0.25) is 19.6 Å². The summed E-state index contributed by atoms with van der Waals surface area (Å²) in [6, 6.07) is 7.53. The first kappa shape index (κ1) is 10.5. The molecule has 0 saturated heterocycles. The van der Waals surface area contributed by atoms with Gasteiger partial charge in [0.25, 0.3) is 0 Å². The van der Waals surface area contributed by atoms with E-state index in [4.69, 9.17) is 10.0 Å². The Morgan fingerprint density at radius 3 is 1.77 bits per heavy atom. The zero-order valence-electron chi connectivity index (χ0n) is 8.28. The lowest BCUT2D eigenvalue weighted by Crippen LogP contribution is -2.39. The van der Waals surface area contributed by atoms with E-state index in [0.717, 1.165) is 0 Å². The minimum Gasteiger partial charge on any atom is -0.423 e. The number of hydrogen-bond acceptors (Lipinski definition) is 2. The van der Waals surface area contributed by atoms with Crippen LogP contribution in [-0.4, -0.2) is 25.2 Å². The first-order valence-electron chi connectivity index (χ1n) is 4.38. The van der Waals surface area contributed by atoms with Gasteiger partial charge in [0.15, 0.2) is 0 Å². The molecule has 0 aliphatic carbocycles. The maximum absolute atomic E-state index is 8.88. The summed E-state index contributed by atoms with van der Waals surface area (Å²) in [5.41, 5.74) is 0.557. The largest absolute Gasteiger partial charge is 0.488 e. The van der Waals surface area contributed by atoms with E-state index in [1.165, 1.54) is 5.19 Å². The van der Waals surface area contributed by atoms with Gasteiger partial charge in [-0.25, -0.2) is 0 Å². The van der Waals surface area contributed by atoms with E-state index >= 15 is 0 Å². The first-order chi connectivity index (χ1) is 5.91. The van der Waals surface area contributed by atoms with E-state index in [9.17, 15) is 0 Å². The predicted octanol–water partition coefficient (Wildman–Crippen LogP) is -0.0884. The van der Waals surface area contributed by atoms with Gasteiger partial charge >= 0.3 is 7.12 Å². The van der Waals surface area contributed by atoms with Crippen LogP contribution in [-0.2, 0) is 0 Å². The number of hydrogen-bond donors (Lipinski definition) is 2. The SMILES string of the molecule is C[Si](C)(C)c1ccc(B(O)O)cc1. The molecule has 0 saturated carbocycles. The summed E-state index contributed by atoms with van der Waals surface area (Å²) in [7, 11) is -2.61. The molecule has 0 spiro atoms. The van der Waals surface area contributed by atoms with Crippen molar-refractivity contribution in [3.63, 3.8) is 0 Å². The van der Waals surface area contributed by atoms with Crippen LogP contribution in [0, 0.1) is 0 Å². The van der Waals surface area contributed by atoms with Crippen LogP contribution in [0.3, 0.4) is 0 Å². The lowest BCUT2D eigenvalue weighted by atomic mass is 9.81. The van der Waals surface area contributed by atoms with Crippen molar-refractivity contribution in [1.29, 1.82) is 0 Å². The van der Waals surface area contributed by atoms with Crippen LogP contribution in [0.5, 0.6) is 0 Å². The third-order valence-electron chi connectivity index (χ3n) is 2.07. The molecule has 0 aliphatic heterocycles. The molecule has 0 atom stereocenters. The monoisotopic (exact) mass is 194 g/mol. The van der Waals surface area contributed by atoms with Gasteiger partial charge in [-0.15, -0.1) is 0 Å². The van der Waals surface area contributed by atoms with Crippen molar-refractivity contribution >= 4 is 25.8 Å². The van der Waals surface area contributed by atoms with Crippen LogP contribution in [0.15, 0.2) is 24.3 Å². The van der Waals surface area contributed by atoms with Crippen molar-refractivity contribution in [2.45, 2.75) is 19.6 Å². The van der Waals surface area contributed by atoms with Gasteiger partial charge in [-0.05, 0) is 5.46 Å². The van der Waals surface area contributed by atoms with Crippen molar-refractivity contribution < 1.29 is 10.0 Å². The van der Waals surface area contributed by atoms with Crippen LogP contribution in [0.1, 0.15) is 0 Å². The average molecular weight is 194 g/mol. The Labute approximate surface area is 80.4 Å². The van der Waals surface area contributed by atoms with E-state index in [1.807, 2.05) is 12.1 Å². The summed E-state index contributed by atoms with van der Waals surface area (Å²) in [6.45, 7) is 6.78. The lowest BCUT2D eigenvalue weighted by molar-refractivity contribution is 0.426. The van der Waals surface area contributed by atoms with Gasteiger partial charge in [0.05, 0.1) is 8.07 Å². The Morgan fingerprint density at radius 1 is 1.00 bits per heavy atom. The highest BCUT2D eigenvalue weighted by Gasteiger charge is 2.17. The molecule has 0 fully saturated rings. The molecule has 2 nitrogen and oxygen atoms in total. The second-order valence-electron chi connectivity index (χ2n) is 4.25. The topological polar surface area (TPSA) is 40.5 Å². The number of rotatable bonds is 2. The fourth-order valence-electron chi connectivity index (χ4n) is 1.16. The zero-order valence-corrected chi connectivity index (χ0v) is 9.28. The van der Waals surface area contributed by atoms with Gasteiger partial charge in [0, 0.05) is 0 Å². The molecule has 0 aromatic heterocycles. The molecular weight excluding hydrogens is 179 g/mol. The maximum atomic E-state index is 8.88. The highest BCUT2D eigenvalue weighted by molar-refractivity contribution is 6.88. The molecule has 2 N–H and O–H groups in total. The first-order valence-corrected chi connectivity index (χ1v) is 7.88. The standard InChI is InChI=1S/C9H15BO2Si/c1-13(2,3)9-6-4-8(5-7-9)10(11)12/h4-7,11-12H,1-3H3. The minimum absolute atomic E-state index is 0.557. The summed E-state index contributed by atoms with van der Waals surface area (Å²) >= 11 is 0. The third-order valence-corrected chi connectivity index (χ3v) is 4.14. The molecule has 0 radical (unpaired) electrons. The highest BCUT2D eigenvalue weighted by atomic mass is 28.3. The summed E-state index contributed by atoms with van der Waals surface area (Å²) in [6.07, 6.45) is 0. The Bertz CT molecular complexity index is 277. The molecule has 0 unspecified atom stereocenters. The van der Waals surface area contributed by atoms with Gasteiger partial charge in [0.1, 0.15) is 0 Å². The second kappa shape index (κ2) is 3.66. The second-order valence-corrected chi connectivity index (χ2v) is 9.32. The number of benzene rings is 1. The molecule has 4 heteroatoms. The quantitative estimate of drug-likeness (QED) is 0.646. The maximum Gasteiger partial charge on any atom is 0.488 e. The van der Waals surface area contributed by atoms with Crippen LogP contribution >= 0.6 is 0 Å². The fraction of sp³-hybridized carbons (Fsp3) is 0.333. The Hall–Kier alpha value is -0.578. The van der Waals surface area contributed by atoms with Crippen molar-refractivity contribution in [3.8, 4) is 0 Å². The van der Waals surface area contributed by atoms with E-state index in [1.54, 1.807) is 12.1 Å². The van der Waals surface area contributed by atoms with Crippen LogP contribution in [0.4, 0.5) is 0 Å². The average Bonchev–Trinajstić information content (AvgIpc) is 2.03. The molecule has 0 aliphatic rings. The molecule has 0 bridgehead atoms. The van der Waals surface area contributed by atoms with Gasteiger partial charge in [-0.2, -0.15) is 0 Å². The molecule has 1 rings (SSSR count). The van der Waals surface area contributed by atoms with Crippen molar-refractivity contribution in [1.82, 2.24) is 0 Å². The van der Waals surface area contributed by atoms with E-state index in [2.05, 4.69) is 19.6 Å². The zero-order chi connectivity index (χ0) is 10.1. The van der Waals surface area contributed by atoms with Gasteiger partial charge in [-0.1, -0.05) is 49.1 Å². The summed E-state index contributed by atoms with van der Waals surface area (Å²) in [4.78, 5) is 0. The molecule has 13 heavy (non-hydrogen) atoms. The molecular formula is C9H15BO2Si. The summed E-state index contributed by atoms with van der Waals surface area (Å²) in [5, 5.41) is 19.1. The predicted molar refractivity (Wildman–Crippen MR) is 59.2 cm³/mol. The van der Waals surface area contributed by atoms with Crippen LogP contribution in [0.25, 0.3) is 0 Å². The molecule has 1 aromatic carbocycles. The smallest absolute Gasteiger partial charge is 0.423 e. The van der Waals surface area contributed by atoms with Crippen molar-refractivity contribution in [2.75, 3.05) is 0 Å². The summed E-state index contributed by atoms with van der Waals surface area (Å²) in [5.74, 6) is 0. The van der Waals surface area contributed by atoms with Gasteiger partial charge < -0.3 is 10.0 Å². The fourth-order valence-corrected chi connectivity index (χ4v) is 2.32. The molecule has 70 valence electrons. The van der Waals surface area contributed by atoms with Crippen molar-refractivity contribution in [3.05, 3.63) is 24.3 Å². The lowest BCUT2D eigenvalue weighted by Gasteiger charge is -2.16. The molecule has 0 heterocycles. The van der Waals surface area contributed by atoms with Gasteiger partial charge in [-0.3, -0.25) is 0 Å². The van der Waals surface area contributed by atoms with E-state index in [0.29, 0.717) is 5.46 Å². The van der Waals surface area contributed by atoms with Crippen LogP contribution < -0.4 is 10.6 Å². The minimum atomic E-state index is -1.35. The van der Waals surface area contributed by atoms with Crippen molar-refractivity contribution in [2.24, 2.45) is 0 Å². The molecule has 1 aromatic rings. The Morgan fingerprint density at radius 2 is 1.46 bits per heavy atom. The Kier molecular flexibility index (Phi) is 2.95. The van der Waals surface area contributed by atoms with Gasteiger partial charge in [0.2, 0.25) is 0 Å². The van der Waals surface area contributed by atoms with E-state index < -0.39 is 15.2 Å². The Balaban J connectivity index is 2.94. The molecule has 0 amide bonds. The highest BCUT2D eigenvalue weighted by Crippen LogP contribution is 2.00. The normalized spacial score (nSPS) is 11.5. The van der Waals surface area contributed by atoms with E-state index in [-0.39, 0.29) is 0 Å². The summed E-state index contributed by atoms with van der Waals surface area (Å²) < 4.78 is 0. The third kappa shape index (κ3) is 2.69.